The van der Waals surface area contributed by atoms with Gasteiger partial charge in [-0.05, 0) is 6.29 Å². The van der Waals surface area contributed by atoms with Gasteiger partial charge in [0.25, 0.3) is 0 Å². The molecule has 0 atom stereocenters. The maximum Gasteiger partial charge on any atom is 1.00 e. The summed E-state index contributed by atoms with van der Waals surface area (Å²) in [5.41, 5.74) is 0. The van der Waals surface area contributed by atoms with Gasteiger partial charge in [-0.2, -0.15) is 0 Å². The predicted octanol–water partition coefficient (Wildman–Crippen LogP) is 0.275. The Morgan fingerprint density at radius 1 is 1.57 bits per heavy atom. The first-order valence-corrected chi connectivity index (χ1v) is 0.901. The minimum Gasteiger partial charge on any atom is -0.419 e. The fraction of sp³-hybridized carbons (Fsp3) is 0. The van der Waals surface area contributed by atoms with Gasteiger partial charge in [-0.3, -0.25) is 0 Å². The third kappa shape index (κ3) is 41.0. The molecular weight excluding hydrogens is 367 g/mol. The molecule has 0 saturated heterocycles. The summed E-state index contributed by atoms with van der Waals surface area (Å²) in [5.74, 6) is 0. The first-order chi connectivity index (χ1) is 1.91. The van der Waals surface area contributed by atoms with Crippen molar-refractivity contribution in [2.45, 2.75) is 0 Å². The number of hydrogen-bond donors (Lipinski definition) is 0. The average molecular weight is 370 g/mol. The van der Waals surface area contributed by atoms with Crippen LogP contribution in [0.3, 0.4) is 0 Å². The van der Waals surface area contributed by atoms with Gasteiger partial charge < -0.3 is 4.79 Å². The minimum absolute atomic E-state index is 0. The molecule has 4 heteroatoms. The SMILES string of the molecule is C=C[C-]=O.[Au+].[Co].[Ni]. The van der Waals surface area contributed by atoms with Crippen molar-refractivity contribution in [2.24, 2.45) is 0 Å². The quantitative estimate of drug-likeness (QED) is 0.369. The zero-order chi connectivity index (χ0) is 3.41. The van der Waals surface area contributed by atoms with Crippen LogP contribution in [0.25, 0.3) is 0 Å². The van der Waals surface area contributed by atoms with Crippen LogP contribution in [0.2, 0.25) is 0 Å². The maximum atomic E-state index is 8.93. The molecule has 0 rings (SSSR count). The average Bonchev–Trinajstić information content (AvgIpc) is 1.37. The zero-order valence-corrected chi connectivity index (χ0v) is 7.34. The molecule has 0 aliphatic carbocycles. The number of hydrogen-bond acceptors (Lipinski definition) is 1. The second-order valence-corrected chi connectivity index (χ2v) is 0.322. The van der Waals surface area contributed by atoms with Crippen molar-refractivity contribution in [3.05, 3.63) is 12.7 Å². The molecule has 1 nitrogen and oxygen atoms in total. The van der Waals surface area contributed by atoms with Gasteiger partial charge in [-0.1, -0.05) is 0 Å². The summed E-state index contributed by atoms with van der Waals surface area (Å²) in [7, 11) is 0. The molecule has 0 heterocycles. The van der Waals surface area contributed by atoms with E-state index in [1.165, 1.54) is 6.29 Å². The van der Waals surface area contributed by atoms with E-state index in [2.05, 4.69) is 6.58 Å². The minimum atomic E-state index is 0. The van der Waals surface area contributed by atoms with E-state index in [1.54, 1.807) is 0 Å². The van der Waals surface area contributed by atoms with Crippen LogP contribution >= 0.6 is 0 Å². The van der Waals surface area contributed by atoms with Crippen molar-refractivity contribution >= 4 is 6.29 Å². The Morgan fingerprint density at radius 3 is 1.71 bits per heavy atom. The summed E-state index contributed by atoms with van der Waals surface area (Å²) in [5, 5.41) is 0. The fourth-order valence-corrected chi connectivity index (χ4v) is 0. The normalized spacial score (nSPS) is 2.86. The molecule has 1 radical (unpaired) electrons. The van der Waals surface area contributed by atoms with Gasteiger partial charge in [0, 0.05) is 33.3 Å². The van der Waals surface area contributed by atoms with Gasteiger partial charge in [-0.15, -0.1) is 0 Å². The van der Waals surface area contributed by atoms with Crippen LogP contribution in [0.5, 0.6) is 0 Å². The first-order valence-electron chi connectivity index (χ1n) is 0.901. The Bertz CT molecular complexity index is 35.9. The van der Waals surface area contributed by atoms with Crippen LogP contribution in [-0.4, -0.2) is 6.29 Å². The molecule has 0 aromatic heterocycles. The van der Waals surface area contributed by atoms with E-state index in [-0.39, 0.29) is 55.7 Å². The Labute approximate surface area is 78.9 Å². The van der Waals surface area contributed by atoms with E-state index in [0.717, 1.165) is 6.08 Å². The Hall–Kier alpha value is 1.15. The van der Waals surface area contributed by atoms with Crippen LogP contribution in [0, 0.1) is 0 Å². The monoisotopic (exact) mass is 369 g/mol. The van der Waals surface area contributed by atoms with Crippen LogP contribution in [-0.2, 0) is 60.4 Å². The van der Waals surface area contributed by atoms with Crippen molar-refractivity contribution < 1.29 is 60.4 Å². The molecule has 0 bridgehead atoms. The summed E-state index contributed by atoms with van der Waals surface area (Å²) in [6.07, 6.45) is 2.51. The molecule has 0 amide bonds. The molecule has 0 unspecified atom stereocenters. The van der Waals surface area contributed by atoms with Gasteiger partial charge in [0.05, 0.1) is 0 Å². The third-order valence-electron chi connectivity index (χ3n) is 0.0833. The van der Waals surface area contributed by atoms with E-state index >= 15 is 0 Å². The van der Waals surface area contributed by atoms with Gasteiger partial charge in [0.15, 0.2) is 0 Å². The molecule has 0 spiro atoms. The topological polar surface area (TPSA) is 17.1 Å². The van der Waals surface area contributed by atoms with Crippen LogP contribution < -0.4 is 0 Å². The molecule has 0 aliphatic heterocycles. The van der Waals surface area contributed by atoms with E-state index in [9.17, 15) is 0 Å². The van der Waals surface area contributed by atoms with Crippen molar-refractivity contribution in [2.75, 3.05) is 0 Å². The summed E-state index contributed by atoms with van der Waals surface area (Å²) in [4.78, 5) is 8.93. The van der Waals surface area contributed by atoms with E-state index in [4.69, 9.17) is 4.79 Å². The van der Waals surface area contributed by atoms with Gasteiger partial charge in [-0.25, -0.2) is 12.7 Å². The van der Waals surface area contributed by atoms with E-state index in [0.29, 0.717) is 0 Å². The van der Waals surface area contributed by atoms with Gasteiger partial charge >= 0.3 is 22.4 Å². The largest absolute Gasteiger partial charge is 1.00 e. The Morgan fingerprint density at radius 2 is 1.71 bits per heavy atom. The second-order valence-electron chi connectivity index (χ2n) is 0.322. The molecule has 0 saturated carbocycles. The number of carbonyl (C=O) groups excluding carboxylic acids is 1. The van der Waals surface area contributed by atoms with Crippen LogP contribution in [0.15, 0.2) is 12.7 Å². The molecule has 0 aliphatic rings. The van der Waals surface area contributed by atoms with Crippen LogP contribution in [0.1, 0.15) is 0 Å². The van der Waals surface area contributed by atoms with Crippen molar-refractivity contribution in [1.29, 1.82) is 0 Å². The van der Waals surface area contributed by atoms with Crippen molar-refractivity contribution in [1.82, 2.24) is 0 Å². The number of allylic oxidation sites excluding steroid dienone is 1. The van der Waals surface area contributed by atoms with E-state index < -0.39 is 0 Å². The molecule has 0 N–H and O–H groups in total. The molecule has 0 aromatic carbocycles. The van der Waals surface area contributed by atoms with Crippen LogP contribution in [0.4, 0.5) is 0 Å². The predicted molar refractivity (Wildman–Crippen MR) is 15.9 cm³/mol. The summed E-state index contributed by atoms with van der Waals surface area (Å²) in [6.45, 7) is 3.06. The summed E-state index contributed by atoms with van der Waals surface area (Å²) in [6, 6.07) is 0. The Balaban J connectivity index is -0.0000000150. The van der Waals surface area contributed by atoms with Gasteiger partial charge in [0.2, 0.25) is 0 Å². The Kier molecular flexibility index (Phi) is 94.2. The van der Waals surface area contributed by atoms with Crippen molar-refractivity contribution in [3.63, 3.8) is 0 Å². The standard InChI is InChI=1S/C3H3O.Au.Co.Ni/c1-2-3-4;;;/h2H,1H2;;;/q-1;+1;;. The molecule has 7 heavy (non-hydrogen) atoms. The second kappa shape index (κ2) is 27.3. The molecule has 0 fully saturated rings. The first kappa shape index (κ1) is 24.2. The third-order valence-corrected chi connectivity index (χ3v) is 0.0833. The zero-order valence-electron chi connectivity index (χ0n) is 3.14. The number of rotatable bonds is 1. The molecular formula is C3H3AuCoNiO. The maximum absolute atomic E-state index is 8.93. The fourth-order valence-electron chi connectivity index (χ4n) is 0. The van der Waals surface area contributed by atoms with Crippen molar-refractivity contribution in [3.8, 4) is 0 Å². The molecule has 0 aromatic rings. The summed E-state index contributed by atoms with van der Waals surface area (Å²) < 4.78 is 0. The smallest absolute Gasteiger partial charge is 0.419 e. The van der Waals surface area contributed by atoms with E-state index in [1.807, 2.05) is 0 Å². The van der Waals surface area contributed by atoms with Gasteiger partial charge in [0.1, 0.15) is 0 Å². The molecule has 51 valence electrons. The summed E-state index contributed by atoms with van der Waals surface area (Å²) >= 11 is 0.